The van der Waals surface area contributed by atoms with Crippen molar-refractivity contribution in [2.75, 3.05) is 13.2 Å². The Balaban J connectivity index is 1.72. The Kier molecular flexibility index (Phi) is 8.68. The Bertz CT molecular complexity index is 1440. The standard InChI is InChI=1S/C29H36N6O3/c1-6-38-26(36)18-35-28(31-32-33-35)27(19(2)3)34(13-12-22-10-8-7-9-11-22)17-24-16-23-14-20(4)21(5)15-25(23)30-29(24)37/h7-11,14-16,19,27H,6,12-13,17-18H2,1-5H3,(H,30,37)/t27-/m1/s1. The number of ether oxygens (including phenoxy) is 1. The fraction of sp³-hybridized carbons (Fsp3) is 0.414. The summed E-state index contributed by atoms with van der Waals surface area (Å²) < 4.78 is 6.64. The Morgan fingerprint density at radius 3 is 2.55 bits per heavy atom. The fourth-order valence-electron chi connectivity index (χ4n) is 4.84. The van der Waals surface area contributed by atoms with Gasteiger partial charge in [-0.2, -0.15) is 0 Å². The number of carbonyl (C=O) groups is 1. The molecule has 0 spiro atoms. The minimum Gasteiger partial charge on any atom is -0.465 e. The van der Waals surface area contributed by atoms with E-state index in [1.807, 2.05) is 37.3 Å². The van der Waals surface area contributed by atoms with E-state index in [2.05, 4.69) is 64.4 Å². The monoisotopic (exact) mass is 516 g/mol. The van der Waals surface area contributed by atoms with E-state index >= 15 is 0 Å². The molecule has 4 aromatic rings. The first kappa shape index (κ1) is 27.2. The number of nitrogens with zero attached hydrogens (tertiary/aromatic N) is 5. The quantitative estimate of drug-likeness (QED) is 0.299. The Morgan fingerprint density at radius 1 is 1.11 bits per heavy atom. The van der Waals surface area contributed by atoms with Crippen LogP contribution in [0, 0.1) is 19.8 Å². The number of benzene rings is 2. The summed E-state index contributed by atoms with van der Waals surface area (Å²) in [7, 11) is 0. The summed E-state index contributed by atoms with van der Waals surface area (Å²) in [6, 6.07) is 16.1. The summed E-state index contributed by atoms with van der Waals surface area (Å²) in [6.07, 6.45) is 0.785. The van der Waals surface area contributed by atoms with Crippen LogP contribution < -0.4 is 5.56 Å². The molecule has 0 saturated carbocycles. The molecular weight excluding hydrogens is 480 g/mol. The van der Waals surface area contributed by atoms with Gasteiger partial charge in [0, 0.05) is 24.2 Å². The summed E-state index contributed by atoms with van der Waals surface area (Å²) >= 11 is 0. The SMILES string of the molecule is CCOC(=O)Cn1nnnc1[C@@H](C(C)C)N(CCc1ccccc1)Cc1cc2cc(C)c(C)cc2[nH]c1=O. The predicted molar refractivity (Wildman–Crippen MR) is 147 cm³/mol. The first-order valence-corrected chi connectivity index (χ1v) is 13.1. The second kappa shape index (κ2) is 12.1. The lowest BCUT2D eigenvalue weighted by molar-refractivity contribution is -0.144. The molecule has 9 heteroatoms. The van der Waals surface area contributed by atoms with Crippen molar-refractivity contribution < 1.29 is 9.53 Å². The molecule has 4 rings (SSSR count). The van der Waals surface area contributed by atoms with E-state index in [0.717, 1.165) is 22.9 Å². The molecule has 2 heterocycles. The van der Waals surface area contributed by atoms with Crippen molar-refractivity contribution >= 4 is 16.9 Å². The molecule has 0 unspecified atom stereocenters. The van der Waals surface area contributed by atoms with Gasteiger partial charge in [-0.3, -0.25) is 14.5 Å². The van der Waals surface area contributed by atoms with Crippen molar-refractivity contribution in [3.8, 4) is 0 Å². The maximum absolute atomic E-state index is 13.2. The number of fused-ring (bicyclic) bond motifs is 1. The van der Waals surface area contributed by atoms with Crippen LogP contribution in [-0.4, -0.2) is 49.2 Å². The highest BCUT2D eigenvalue weighted by atomic mass is 16.5. The lowest BCUT2D eigenvalue weighted by Crippen LogP contribution is -2.37. The van der Waals surface area contributed by atoms with Crippen LogP contribution >= 0.6 is 0 Å². The number of H-pyrrole nitrogens is 1. The molecule has 0 radical (unpaired) electrons. The fourth-order valence-corrected chi connectivity index (χ4v) is 4.84. The normalized spacial score (nSPS) is 12.4. The molecule has 0 aliphatic rings. The van der Waals surface area contributed by atoms with Crippen LogP contribution in [0.4, 0.5) is 0 Å². The lowest BCUT2D eigenvalue weighted by Gasteiger charge is -2.33. The highest BCUT2D eigenvalue weighted by Gasteiger charge is 2.30. The number of hydrogen-bond acceptors (Lipinski definition) is 7. The van der Waals surface area contributed by atoms with Gasteiger partial charge in [-0.05, 0) is 83.8 Å². The molecule has 0 saturated heterocycles. The summed E-state index contributed by atoms with van der Waals surface area (Å²) in [5, 5.41) is 13.3. The average molecular weight is 517 g/mol. The highest BCUT2D eigenvalue weighted by Crippen LogP contribution is 2.29. The second-order valence-corrected chi connectivity index (χ2v) is 10.0. The number of carbonyl (C=O) groups excluding carboxylic acids is 1. The predicted octanol–water partition coefficient (Wildman–Crippen LogP) is 4.14. The molecular formula is C29H36N6O3. The van der Waals surface area contributed by atoms with Crippen molar-refractivity contribution in [3.63, 3.8) is 0 Å². The molecule has 0 aliphatic carbocycles. The molecule has 200 valence electrons. The molecule has 2 aromatic carbocycles. The van der Waals surface area contributed by atoms with Gasteiger partial charge in [0.2, 0.25) is 0 Å². The number of pyridine rings is 1. The first-order chi connectivity index (χ1) is 18.3. The molecule has 0 aliphatic heterocycles. The Hall–Kier alpha value is -3.85. The zero-order chi connectivity index (χ0) is 27.2. The zero-order valence-electron chi connectivity index (χ0n) is 22.8. The summed E-state index contributed by atoms with van der Waals surface area (Å²) in [6.45, 7) is 11.4. The van der Waals surface area contributed by atoms with E-state index in [0.29, 0.717) is 24.5 Å². The van der Waals surface area contributed by atoms with E-state index in [9.17, 15) is 9.59 Å². The van der Waals surface area contributed by atoms with Crippen molar-refractivity contribution in [1.82, 2.24) is 30.1 Å². The zero-order valence-corrected chi connectivity index (χ0v) is 22.8. The Labute approximate surface area is 222 Å². The Morgan fingerprint density at radius 2 is 1.84 bits per heavy atom. The van der Waals surface area contributed by atoms with Gasteiger partial charge in [-0.1, -0.05) is 44.2 Å². The van der Waals surface area contributed by atoms with Crippen LogP contribution in [0.3, 0.4) is 0 Å². The van der Waals surface area contributed by atoms with E-state index < -0.39 is 5.97 Å². The van der Waals surface area contributed by atoms with Gasteiger partial charge < -0.3 is 9.72 Å². The maximum atomic E-state index is 13.2. The number of rotatable bonds is 11. The minimum atomic E-state index is -0.393. The lowest BCUT2D eigenvalue weighted by atomic mass is 9.99. The van der Waals surface area contributed by atoms with Crippen LogP contribution in [0.5, 0.6) is 0 Å². The number of esters is 1. The van der Waals surface area contributed by atoms with Gasteiger partial charge in [-0.15, -0.1) is 5.10 Å². The molecule has 1 N–H and O–H groups in total. The van der Waals surface area contributed by atoms with Gasteiger partial charge in [0.25, 0.3) is 5.56 Å². The van der Waals surface area contributed by atoms with Crippen LogP contribution in [0.1, 0.15) is 54.9 Å². The maximum Gasteiger partial charge on any atom is 0.327 e. The highest BCUT2D eigenvalue weighted by molar-refractivity contribution is 5.80. The van der Waals surface area contributed by atoms with Crippen LogP contribution in [-0.2, 0) is 29.0 Å². The van der Waals surface area contributed by atoms with E-state index in [1.165, 1.54) is 15.8 Å². The minimum absolute atomic E-state index is 0.0683. The van der Waals surface area contributed by atoms with Crippen molar-refractivity contribution in [2.45, 2.75) is 60.2 Å². The summed E-state index contributed by atoms with van der Waals surface area (Å²) in [5.41, 5.74) is 4.90. The smallest absolute Gasteiger partial charge is 0.327 e. The number of tetrazole rings is 1. The van der Waals surface area contributed by atoms with Gasteiger partial charge in [-0.25, -0.2) is 4.68 Å². The van der Waals surface area contributed by atoms with E-state index in [-0.39, 0.29) is 30.7 Å². The molecule has 0 bridgehead atoms. The van der Waals surface area contributed by atoms with Gasteiger partial charge in [0.15, 0.2) is 5.82 Å². The largest absolute Gasteiger partial charge is 0.465 e. The van der Waals surface area contributed by atoms with E-state index in [4.69, 9.17) is 4.74 Å². The number of aromatic nitrogens is 5. The number of aromatic amines is 1. The van der Waals surface area contributed by atoms with Crippen LogP contribution in [0.2, 0.25) is 0 Å². The van der Waals surface area contributed by atoms with Crippen molar-refractivity contribution in [2.24, 2.45) is 5.92 Å². The summed E-state index contributed by atoms with van der Waals surface area (Å²) in [5.74, 6) is 0.281. The van der Waals surface area contributed by atoms with Gasteiger partial charge in [0.1, 0.15) is 6.54 Å². The molecule has 0 fully saturated rings. The third kappa shape index (κ3) is 6.34. The van der Waals surface area contributed by atoms with Crippen LogP contribution in [0.25, 0.3) is 10.9 Å². The number of nitrogens with one attached hydrogen (secondary N) is 1. The van der Waals surface area contributed by atoms with Crippen molar-refractivity contribution in [1.29, 1.82) is 0 Å². The molecule has 9 nitrogen and oxygen atoms in total. The molecule has 38 heavy (non-hydrogen) atoms. The van der Waals surface area contributed by atoms with Crippen LogP contribution in [0.15, 0.2) is 53.3 Å². The molecule has 1 atom stereocenters. The number of aryl methyl sites for hydroxylation is 2. The second-order valence-electron chi connectivity index (χ2n) is 10.0. The summed E-state index contributed by atoms with van der Waals surface area (Å²) in [4.78, 5) is 30.8. The molecule has 0 amide bonds. The first-order valence-electron chi connectivity index (χ1n) is 13.1. The van der Waals surface area contributed by atoms with Gasteiger partial charge >= 0.3 is 5.97 Å². The van der Waals surface area contributed by atoms with Gasteiger partial charge in [0.05, 0.1) is 12.6 Å². The third-order valence-corrected chi connectivity index (χ3v) is 6.87. The molecule has 2 aromatic heterocycles. The topological polar surface area (TPSA) is 106 Å². The van der Waals surface area contributed by atoms with E-state index in [1.54, 1.807) is 6.92 Å². The number of hydrogen-bond donors (Lipinski definition) is 1. The van der Waals surface area contributed by atoms with Crippen molar-refractivity contribution in [3.05, 3.63) is 87.0 Å². The third-order valence-electron chi connectivity index (χ3n) is 6.87. The average Bonchev–Trinajstić information content (AvgIpc) is 3.32.